The lowest BCUT2D eigenvalue weighted by atomic mass is 9.78. The van der Waals surface area contributed by atoms with E-state index in [1.54, 1.807) is 0 Å². The summed E-state index contributed by atoms with van der Waals surface area (Å²) < 4.78 is 28.4. The predicted octanol–water partition coefficient (Wildman–Crippen LogP) is 3.29. The van der Waals surface area contributed by atoms with Crippen LogP contribution in [-0.2, 0) is 5.41 Å². The Hall–Kier alpha value is -0.920. The van der Waals surface area contributed by atoms with Crippen molar-refractivity contribution in [3.8, 4) is 0 Å². The molecule has 3 nitrogen and oxygen atoms in total. The maximum Gasteiger partial charge on any atom is 0.193 e. The van der Waals surface area contributed by atoms with E-state index in [9.17, 15) is 8.78 Å². The smallest absolute Gasteiger partial charge is 0.193 e. The van der Waals surface area contributed by atoms with Gasteiger partial charge in [-0.2, -0.15) is 0 Å². The highest BCUT2D eigenvalue weighted by molar-refractivity contribution is 14.0. The van der Waals surface area contributed by atoms with Gasteiger partial charge in [0, 0.05) is 31.1 Å². The Labute approximate surface area is 147 Å². The van der Waals surface area contributed by atoms with Gasteiger partial charge in [0.15, 0.2) is 5.96 Å². The van der Waals surface area contributed by atoms with Gasteiger partial charge in [-0.3, -0.25) is 4.99 Å². The highest BCUT2D eigenvalue weighted by atomic mass is 127. The van der Waals surface area contributed by atoms with Gasteiger partial charge in [-0.25, -0.2) is 8.78 Å². The summed E-state index contributed by atoms with van der Waals surface area (Å²) in [6.45, 7) is 2.21. The second kappa shape index (κ2) is 7.10. The van der Waals surface area contributed by atoms with E-state index in [2.05, 4.69) is 10.3 Å². The number of rotatable bonds is 3. The molecule has 1 fully saturated rings. The van der Waals surface area contributed by atoms with E-state index in [1.807, 2.05) is 11.9 Å². The van der Waals surface area contributed by atoms with Crippen molar-refractivity contribution >= 4 is 29.9 Å². The van der Waals surface area contributed by atoms with Crippen molar-refractivity contribution in [3.05, 3.63) is 35.4 Å². The zero-order chi connectivity index (χ0) is 14.9. The highest BCUT2D eigenvalue weighted by Gasteiger charge is 2.40. The normalized spacial score (nSPS) is 19.8. The maximum atomic E-state index is 14.2. The number of benzene rings is 1. The zero-order valence-electron chi connectivity index (χ0n) is 12.7. The van der Waals surface area contributed by atoms with Crippen LogP contribution in [0.15, 0.2) is 23.2 Å². The molecule has 2 aliphatic rings. The van der Waals surface area contributed by atoms with Gasteiger partial charge in [-0.15, -0.1) is 24.0 Å². The molecule has 0 spiro atoms. The number of halogens is 3. The lowest BCUT2D eigenvalue weighted by Crippen LogP contribution is -2.44. The number of hydrogen-bond acceptors (Lipinski definition) is 3. The lowest BCUT2D eigenvalue weighted by molar-refractivity contribution is 0.381. The molecule has 0 radical (unpaired) electrons. The highest BCUT2D eigenvalue weighted by Crippen LogP contribution is 2.42. The van der Waals surface area contributed by atoms with Crippen LogP contribution in [0, 0.1) is 11.6 Å². The molecule has 22 heavy (non-hydrogen) atoms. The third-order valence-electron chi connectivity index (χ3n) is 4.70. The Morgan fingerprint density at radius 1 is 1.23 bits per heavy atom. The summed E-state index contributed by atoms with van der Waals surface area (Å²) in [5.41, 5.74) is -0.210. The first-order valence-corrected chi connectivity index (χ1v) is 7.56. The first kappa shape index (κ1) is 17.4. The van der Waals surface area contributed by atoms with Crippen molar-refractivity contribution in [2.75, 3.05) is 26.7 Å². The number of nitrogens with zero attached hydrogens (tertiary/aromatic N) is 2. The molecular weight excluding hydrogens is 399 g/mol. The van der Waals surface area contributed by atoms with Crippen molar-refractivity contribution in [1.29, 1.82) is 0 Å². The fraction of sp³-hybridized carbons (Fsp3) is 0.562. The molecule has 1 saturated carbocycles. The fourth-order valence-electron chi connectivity index (χ4n) is 3.54. The molecule has 0 saturated heterocycles. The summed E-state index contributed by atoms with van der Waals surface area (Å²) in [5.74, 6) is -0.0288. The number of hydrogen-bond donors (Lipinski definition) is 1. The van der Waals surface area contributed by atoms with E-state index in [0.29, 0.717) is 6.54 Å². The van der Waals surface area contributed by atoms with Crippen LogP contribution in [0.4, 0.5) is 8.78 Å². The number of nitrogens with one attached hydrogen (secondary N) is 1. The maximum absolute atomic E-state index is 14.2. The molecule has 6 heteroatoms. The number of guanidine groups is 1. The molecular formula is C16H22F2IN3. The SMILES string of the molecule is CN1CCN=C1NCC1(c2c(F)cccc2F)CCCC1.I. The second-order valence-electron chi connectivity index (χ2n) is 6.06. The molecule has 122 valence electrons. The zero-order valence-corrected chi connectivity index (χ0v) is 15.1. The van der Waals surface area contributed by atoms with Gasteiger partial charge in [0.1, 0.15) is 11.6 Å². The minimum atomic E-state index is -0.457. The minimum absolute atomic E-state index is 0. The van der Waals surface area contributed by atoms with Crippen LogP contribution in [0.3, 0.4) is 0 Å². The largest absolute Gasteiger partial charge is 0.355 e. The van der Waals surface area contributed by atoms with E-state index >= 15 is 0 Å². The molecule has 1 aliphatic carbocycles. The average Bonchev–Trinajstić information content (AvgIpc) is 3.06. The molecule has 0 amide bonds. The molecule has 0 bridgehead atoms. The first-order chi connectivity index (χ1) is 10.1. The molecule has 1 aromatic rings. The lowest BCUT2D eigenvalue weighted by Gasteiger charge is -2.31. The van der Waals surface area contributed by atoms with Crippen LogP contribution in [0.25, 0.3) is 0 Å². The standard InChI is InChI=1S/C16H21F2N3.HI/c1-21-10-9-19-15(21)20-11-16(7-2-3-8-16)14-12(17)5-4-6-13(14)18;/h4-6H,2-3,7-11H2,1H3,(H,19,20);1H. The van der Waals surface area contributed by atoms with E-state index in [1.165, 1.54) is 18.2 Å². The summed E-state index contributed by atoms with van der Waals surface area (Å²) in [4.78, 5) is 6.43. The van der Waals surface area contributed by atoms with Gasteiger partial charge < -0.3 is 10.2 Å². The molecule has 0 unspecified atom stereocenters. The van der Waals surface area contributed by atoms with E-state index in [0.717, 1.165) is 44.7 Å². The van der Waals surface area contributed by atoms with Crippen LogP contribution in [0.5, 0.6) is 0 Å². The Bertz CT molecular complexity index is 536. The quantitative estimate of drug-likeness (QED) is 0.759. The van der Waals surface area contributed by atoms with Gasteiger partial charge in [0.25, 0.3) is 0 Å². The molecule has 1 N–H and O–H groups in total. The minimum Gasteiger partial charge on any atom is -0.355 e. The van der Waals surface area contributed by atoms with Gasteiger partial charge in [-0.1, -0.05) is 18.9 Å². The van der Waals surface area contributed by atoms with Crippen LogP contribution < -0.4 is 5.32 Å². The Balaban J connectivity index is 0.00000176. The van der Waals surface area contributed by atoms with Gasteiger partial charge in [-0.05, 0) is 25.0 Å². The van der Waals surface area contributed by atoms with Crippen molar-refractivity contribution in [1.82, 2.24) is 10.2 Å². The average molecular weight is 421 g/mol. The first-order valence-electron chi connectivity index (χ1n) is 7.56. The van der Waals surface area contributed by atoms with Crippen molar-refractivity contribution in [2.24, 2.45) is 4.99 Å². The molecule has 0 atom stereocenters. The van der Waals surface area contributed by atoms with Crippen molar-refractivity contribution in [3.63, 3.8) is 0 Å². The molecule has 1 aliphatic heterocycles. The summed E-state index contributed by atoms with van der Waals surface area (Å²) in [5, 5.41) is 3.31. The summed E-state index contributed by atoms with van der Waals surface area (Å²) in [6, 6.07) is 4.15. The topological polar surface area (TPSA) is 27.6 Å². The van der Waals surface area contributed by atoms with Crippen molar-refractivity contribution in [2.45, 2.75) is 31.1 Å². The van der Waals surface area contributed by atoms with Gasteiger partial charge >= 0.3 is 0 Å². The number of likely N-dealkylation sites (N-methyl/N-ethyl adjacent to an activating group) is 1. The fourth-order valence-corrected chi connectivity index (χ4v) is 3.54. The second-order valence-corrected chi connectivity index (χ2v) is 6.06. The van der Waals surface area contributed by atoms with E-state index in [4.69, 9.17) is 0 Å². The molecule has 1 aromatic carbocycles. The summed E-state index contributed by atoms with van der Waals surface area (Å²) >= 11 is 0. The summed E-state index contributed by atoms with van der Waals surface area (Å²) in [7, 11) is 1.98. The Morgan fingerprint density at radius 2 is 1.86 bits per heavy atom. The van der Waals surface area contributed by atoms with Crippen LogP contribution in [0.2, 0.25) is 0 Å². The third kappa shape index (κ3) is 3.21. The van der Waals surface area contributed by atoms with Gasteiger partial charge in [0.05, 0.1) is 6.54 Å². The van der Waals surface area contributed by atoms with Crippen LogP contribution in [0.1, 0.15) is 31.2 Å². The Kier molecular flexibility index (Phi) is 5.63. The monoisotopic (exact) mass is 421 g/mol. The van der Waals surface area contributed by atoms with Crippen LogP contribution >= 0.6 is 24.0 Å². The van der Waals surface area contributed by atoms with Crippen LogP contribution in [-0.4, -0.2) is 37.5 Å². The molecule has 3 rings (SSSR count). The van der Waals surface area contributed by atoms with E-state index in [-0.39, 0.29) is 29.5 Å². The van der Waals surface area contributed by atoms with Gasteiger partial charge in [0.2, 0.25) is 0 Å². The van der Waals surface area contributed by atoms with Crippen molar-refractivity contribution < 1.29 is 8.78 Å². The predicted molar refractivity (Wildman–Crippen MR) is 94.9 cm³/mol. The number of aliphatic imine (C=N–C) groups is 1. The summed E-state index contributed by atoms with van der Waals surface area (Å²) in [6.07, 6.45) is 3.65. The Morgan fingerprint density at radius 3 is 2.41 bits per heavy atom. The van der Waals surface area contributed by atoms with E-state index < -0.39 is 17.0 Å². The third-order valence-corrected chi connectivity index (χ3v) is 4.70. The molecule has 1 heterocycles. The molecule has 0 aromatic heterocycles.